The number of rotatable bonds is 5. The molecule has 1 atom stereocenters. The molecule has 1 aromatic heterocycles. The Balaban J connectivity index is 3.01. The Bertz CT molecular complexity index is 409. The lowest BCUT2D eigenvalue weighted by Crippen LogP contribution is -2.31. The molecule has 102 valence electrons. The highest BCUT2D eigenvalue weighted by Gasteiger charge is 2.17. The van der Waals surface area contributed by atoms with Crippen LogP contribution in [0.3, 0.4) is 0 Å². The van der Waals surface area contributed by atoms with Crippen molar-refractivity contribution >= 4 is 34.8 Å². The van der Waals surface area contributed by atoms with E-state index in [1.54, 1.807) is 6.07 Å². The smallest absolute Gasteiger partial charge is 0.161 e. The number of nitrogens with zero attached hydrogens (tertiary/aromatic N) is 2. The van der Waals surface area contributed by atoms with Crippen LogP contribution in [0.1, 0.15) is 27.2 Å². The number of hydrogen-bond donors (Lipinski definition) is 2. The van der Waals surface area contributed by atoms with Gasteiger partial charge < -0.3 is 10.3 Å². The van der Waals surface area contributed by atoms with E-state index in [1.807, 2.05) is 11.9 Å². The number of halogens is 2. The summed E-state index contributed by atoms with van der Waals surface area (Å²) in [5.41, 5.74) is 2.47. The number of hydrazine groups is 1. The normalized spacial score (nSPS) is 12.7. The van der Waals surface area contributed by atoms with Crippen LogP contribution in [-0.2, 0) is 0 Å². The summed E-state index contributed by atoms with van der Waals surface area (Å²) in [5.74, 6) is 7.09. The Labute approximate surface area is 118 Å². The van der Waals surface area contributed by atoms with E-state index in [2.05, 4.69) is 31.2 Å². The van der Waals surface area contributed by atoms with Crippen LogP contribution in [0.4, 0.5) is 11.6 Å². The third-order valence-electron chi connectivity index (χ3n) is 2.86. The number of anilines is 2. The van der Waals surface area contributed by atoms with Crippen molar-refractivity contribution in [2.24, 2.45) is 11.8 Å². The molecule has 0 fully saturated rings. The van der Waals surface area contributed by atoms with E-state index in [0.29, 0.717) is 33.6 Å². The standard InChI is InChI=1S/C12H20Cl2N4/c1-7(2)5-8(3)18(4)12-10(14)6-9(13)11(16-12)17-15/h6-8H,5,15H2,1-4H3,(H,16,17). The molecule has 0 saturated heterocycles. The van der Waals surface area contributed by atoms with Crippen molar-refractivity contribution in [1.82, 2.24) is 4.98 Å². The summed E-state index contributed by atoms with van der Waals surface area (Å²) in [6, 6.07) is 1.99. The molecule has 18 heavy (non-hydrogen) atoms. The van der Waals surface area contributed by atoms with Gasteiger partial charge in [0.15, 0.2) is 5.82 Å². The van der Waals surface area contributed by atoms with Gasteiger partial charge in [-0.2, -0.15) is 0 Å². The maximum Gasteiger partial charge on any atom is 0.161 e. The fourth-order valence-electron chi connectivity index (χ4n) is 1.85. The van der Waals surface area contributed by atoms with E-state index in [4.69, 9.17) is 29.0 Å². The highest BCUT2D eigenvalue weighted by molar-refractivity contribution is 6.37. The summed E-state index contributed by atoms with van der Waals surface area (Å²) in [6.07, 6.45) is 1.06. The first-order valence-corrected chi connectivity index (χ1v) is 6.67. The molecule has 1 rings (SSSR count). The second kappa shape index (κ2) is 6.45. The van der Waals surface area contributed by atoms with E-state index in [0.717, 1.165) is 6.42 Å². The molecule has 0 bridgehead atoms. The first kappa shape index (κ1) is 15.3. The van der Waals surface area contributed by atoms with Gasteiger partial charge in [-0.1, -0.05) is 37.0 Å². The van der Waals surface area contributed by atoms with Crippen LogP contribution in [0, 0.1) is 5.92 Å². The van der Waals surface area contributed by atoms with Crippen LogP contribution in [0.15, 0.2) is 6.07 Å². The van der Waals surface area contributed by atoms with Gasteiger partial charge in [0, 0.05) is 13.1 Å². The van der Waals surface area contributed by atoms with E-state index < -0.39 is 0 Å². The lowest BCUT2D eigenvalue weighted by atomic mass is 10.0. The summed E-state index contributed by atoms with van der Waals surface area (Å²) in [4.78, 5) is 6.39. The van der Waals surface area contributed by atoms with Gasteiger partial charge in [0.2, 0.25) is 0 Å². The maximum atomic E-state index is 6.18. The molecule has 0 radical (unpaired) electrons. The molecule has 0 aromatic carbocycles. The molecular weight excluding hydrogens is 271 g/mol. The fourth-order valence-corrected chi connectivity index (χ4v) is 2.40. The lowest BCUT2D eigenvalue weighted by Gasteiger charge is -2.28. The third kappa shape index (κ3) is 3.64. The van der Waals surface area contributed by atoms with Gasteiger partial charge in [0.05, 0.1) is 10.0 Å². The zero-order chi connectivity index (χ0) is 13.9. The topological polar surface area (TPSA) is 54.2 Å². The van der Waals surface area contributed by atoms with Crippen LogP contribution in [0.25, 0.3) is 0 Å². The van der Waals surface area contributed by atoms with Gasteiger partial charge in [-0.15, -0.1) is 0 Å². The predicted molar refractivity (Wildman–Crippen MR) is 79.4 cm³/mol. The fraction of sp³-hybridized carbons (Fsp3) is 0.583. The zero-order valence-electron chi connectivity index (χ0n) is 11.2. The Morgan fingerprint density at radius 3 is 2.44 bits per heavy atom. The second-order valence-corrected chi connectivity index (χ2v) is 5.67. The molecule has 0 spiro atoms. The largest absolute Gasteiger partial charge is 0.356 e. The van der Waals surface area contributed by atoms with Gasteiger partial charge in [0.1, 0.15) is 5.82 Å². The average molecular weight is 291 g/mol. The highest BCUT2D eigenvalue weighted by Crippen LogP contribution is 2.32. The monoisotopic (exact) mass is 290 g/mol. The lowest BCUT2D eigenvalue weighted by molar-refractivity contribution is 0.502. The number of hydrogen-bond acceptors (Lipinski definition) is 4. The minimum Gasteiger partial charge on any atom is -0.356 e. The van der Waals surface area contributed by atoms with E-state index in [9.17, 15) is 0 Å². The van der Waals surface area contributed by atoms with Crippen molar-refractivity contribution in [1.29, 1.82) is 0 Å². The molecule has 1 heterocycles. The number of nitrogens with one attached hydrogen (secondary N) is 1. The quantitative estimate of drug-likeness (QED) is 0.643. The number of pyridine rings is 1. The van der Waals surface area contributed by atoms with Crippen LogP contribution < -0.4 is 16.2 Å². The molecule has 0 aliphatic carbocycles. The van der Waals surface area contributed by atoms with Gasteiger partial charge in [-0.25, -0.2) is 10.8 Å². The van der Waals surface area contributed by atoms with Crippen LogP contribution in [-0.4, -0.2) is 18.1 Å². The number of aromatic nitrogens is 1. The minimum absolute atomic E-state index is 0.335. The van der Waals surface area contributed by atoms with Crippen LogP contribution >= 0.6 is 23.2 Å². The molecule has 0 aliphatic rings. The van der Waals surface area contributed by atoms with E-state index in [-0.39, 0.29) is 0 Å². The summed E-state index contributed by atoms with van der Waals surface area (Å²) >= 11 is 12.1. The van der Waals surface area contributed by atoms with Crippen molar-refractivity contribution in [3.8, 4) is 0 Å². The van der Waals surface area contributed by atoms with E-state index in [1.165, 1.54) is 0 Å². The minimum atomic E-state index is 0.335. The summed E-state index contributed by atoms with van der Waals surface area (Å²) in [5, 5.41) is 0.938. The van der Waals surface area contributed by atoms with Gasteiger partial charge >= 0.3 is 0 Å². The zero-order valence-corrected chi connectivity index (χ0v) is 12.7. The Morgan fingerprint density at radius 2 is 1.94 bits per heavy atom. The van der Waals surface area contributed by atoms with Crippen molar-refractivity contribution in [2.75, 3.05) is 17.4 Å². The molecule has 1 aromatic rings. The number of nitrogen functional groups attached to an aromatic ring is 1. The summed E-state index contributed by atoms with van der Waals surface area (Å²) in [6.45, 7) is 6.52. The van der Waals surface area contributed by atoms with E-state index >= 15 is 0 Å². The SMILES string of the molecule is CC(C)CC(C)N(C)c1nc(NN)c(Cl)cc1Cl. The molecule has 1 unspecified atom stereocenters. The molecule has 0 amide bonds. The Hall–Kier alpha value is -0.710. The molecule has 4 nitrogen and oxygen atoms in total. The molecular formula is C12H20Cl2N4. The van der Waals surface area contributed by atoms with Crippen molar-refractivity contribution < 1.29 is 0 Å². The summed E-state index contributed by atoms with van der Waals surface area (Å²) < 4.78 is 0. The van der Waals surface area contributed by atoms with Crippen molar-refractivity contribution in [2.45, 2.75) is 33.2 Å². The van der Waals surface area contributed by atoms with Crippen LogP contribution in [0.2, 0.25) is 10.0 Å². The van der Waals surface area contributed by atoms with Gasteiger partial charge in [-0.05, 0) is 25.3 Å². The van der Waals surface area contributed by atoms with Crippen molar-refractivity contribution in [3.63, 3.8) is 0 Å². The van der Waals surface area contributed by atoms with Gasteiger partial charge in [0.25, 0.3) is 0 Å². The number of nitrogens with two attached hydrogens (primary N) is 1. The molecule has 0 aliphatic heterocycles. The second-order valence-electron chi connectivity index (χ2n) is 4.86. The first-order valence-electron chi connectivity index (χ1n) is 5.92. The van der Waals surface area contributed by atoms with Crippen LogP contribution in [0.5, 0.6) is 0 Å². The van der Waals surface area contributed by atoms with Gasteiger partial charge in [-0.3, -0.25) is 0 Å². The maximum absolute atomic E-state index is 6.18. The first-order chi connectivity index (χ1) is 8.36. The van der Waals surface area contributed by atoms with Crippen molar-refractivity contribution in [3.05, 3.63) is 16.1 Å². The highest BCUT2D eigenvalue weighted by atomic mass is 35.5. The molecule has 3 N–H and O–H groups in total. The molecule has 6 heteroatoms. The third-order valence-corrected chi connectivity index (χ3v) is 3.42. The Kier molecular flexibility index (Phi) is 5.50. The summed E-state index contributed by atoms with van der Waals surface area (Å²) in [7, 11) is 1.97. The predicted octanol–water partition coefficient (Wildman–Crippen LogP) is 3.54. The average Bonchev–Trinajstić information content (AvgIpc) is 2.27. The Morgan fingerprint density at radius 1 is 1.33 bits per heavy atom. The molecule has 0 saturated carbocycles.